The normalized spacial score (nSPS) is 37.7. The maximum Gasteiger partial charge on any atom is 0.344 e. The molecule has 3 fully saturated rings. The molecule has 208 valence electrons. The van der Waals surface area contributed by atoms with Crippen LogP contribution in [0.1, 0.15) is 70.9 Å². The number of ether oxygens (including phenoxy) is 2. The fourth-order valence-corrected chi connectivity index (χ4v) is 7.75. The molecule has 8 atom stereocenters. The van der Waals surface area contributed by atoms with E-state index in [2.05, 4.69) is 27.4 Å². The van der Waals surface area contributed by atoms with Crippen molar-refractivity contribution in [2.45, 2.75) is 72.0 Å². The second-order valence-electron chi connectivity index (χ2n) is 12.2. The summed E-state index contributed by atoms with van der Waals surface area (Å²) in [7, 11) is 0. The van der Waals surface area contributed by atoms with E-state index < -0.39 is 41.6 Å². The van der Waals surface area contributed by atoms with Crippen LogP contribution in [0.3, 0.4) is 0 Å². The summed E-state index contributed by atoms with van der Waals surface area (Å²) in [6.07, 6.45) is 6.29. The lowest BCUT2D eigenvalue weighted by molar-refractivity contribution is -0.208. The number of aliphatic hydroxyl groups is 1. The van der Waals surface area contributed by atoms with E-state index in [1.54, 1.807) is 30.3 Å². The molecule has 2 bridgehead atoms. The number of ketones is 1. The van der Waals surface area contributed by atoms with E-state index >= 15 is 0 Å². The van der Waals surface area contributed by atoms with Crippen molar-refractivity contribution in [2.75, 3.05) is 6.61 Å². The summed E-state index contributed by atoms with van der Waals surface area (Å²) in [4.78, 5) is 38.8. The zero-order valence-electron chi connectivity index (χ0n) is 23.3. The molecular weight excluding hydrogens is 494 g/mol. The number of rotatable bonds is 6. The highest BCUT2D eigenvalue weighted by molar-refractivity contribution is 5.88. The van der Waals surface area contributed by atoms with Gasteiger partial charge in [-0.05, 0) is 66.7 Å². The Morgan fingerprint density at radius 3 is 2.69 bits per heavy atom. The number of carbonyl (C=O) groups is 3. The van der Waals surface area contributed by atoms with Crippen LogP contribution in [0.5, 0.6) is 0 Å². The third-order valence-corrected chi connectivity index (χ3v) is 10.3. The summed E-state index contributed by atoms with van der Waals surface area (Å²) in [6, 6.07) is 8.79. The number of benzene rings is 1. The first-order chi connectivity index (χ1) is 18.4. The molecule has 1 N–H and O–H groups in total. The van der Waals surface area contributed by atoms with E-state index in [0.29, 0.717) is 24.0 Å². The molecule has 7 heteroatoms. The van der Waals surface area contributed by atoms with Gasteiger partial charge in [0, 0.05) is 29.2 Å². The number of hydrogen-bond donors (Lipinski definition) is 1. The van der Waals surface area contributed by atoms with Crippen molar-refractivity contribution < 1.29 is 29.0 Å². The molecule has 4 rings (SSSR count). The minimum absolute atomic E-state index is 0.109. The van der Waals surface area contributed by atoms with E-state index in [4.69, 9.17) is 14.7 Å². The maximum absolute atomic E-state index is 13.5. The number of esters is 2. The fraction of sp³-hybridized carbons (Fsp3) is 0.562. The van der Waals surface area contributed by atoms with Crippen LogP contribution in [-0.4, -0.2) is 41.6 Å². The standard InChI is InChI=1S/C32H39NO6/c1-6-30(4)17-25(39-27(36)19-38-26(35)11-10-22-8-7-9-23(16-22)18-33)31(5)20(2)12-14-32(21(3)29(30)37)15-13-24(34)28(31)32/h6-11,16,20-21,25,28-29,37H,1,12-15,17,19H2,2-5H3/b11-10+/t20-,21+,25-,28+,29+,30?,31+,32?/m1/s1. The van der Waals surface area contributed by atoms with Gasteiger partial charge in [-0.2, -0.15) is 5.26 Å². The zero-order valence-corrected chi connectivity index (χ0v) is 23.3. The molecule has 0 spiro atoms. The van der Waals surface area contributed by atoms with Crippen LogP contribution in [0.2, 0.25) is 0 Å². The van der Waals surface area contributed by atoms with Crippen LogP contribution >= 0.6 is 0 Å². The zero-order chi connectivity index (χ0) is 28.6. The average Bonchev–Trinajstić information content (AvgIpc) is 3.29. The number of Topliss-reactive ketones (excluding diaryl/α,β-unsaturated/α-hetero) is 1. The van der Waals surface area contributed by atoms with E-state index in [1.807, 2.05) is 13.0 Å². The molecule has 3 saturated carbocycles. The van der Waals surface area contributed by atoms with E-state index in [1.165, 1.54) is 12.2 Å². The van der Waals surface area contributed by atoms with Crippen molar-refractivity contribution in [3.8, 4) is 6.07 Å². The molecule has 3 aliphatic rings. The number of nitrogens with zero attached hydrogens (tertiary/aromatic N) is 1. The largest absolute Gasteiger partial charge is 0.459 e. The molecule has 0 amide bonds. The molecule has 0 heterocycles. The molecule has 2 unspecified atom stereocenters. The van der Waals surface area contributed by atoms with Gasteiger partial charge in [0.05, 0.1) is 17.7 Å². The van der Waals surface area contributed by atoms with Gasteiger partial charge >= 0.3 is 11.9 Å². The topological polar surface area (TPSA) is 114 Å². The Morgan fingerprint density at radius 2 is 2.00 bits per heavy atom. The summed E-state index contributed by atoms with van der Waals surface area (Å²) in [5.41, 5.74) is -0.592. The Kier molecular flexibility index (Phi) is 7.91. The third kappa shape index (κ3) is 4.96. The van der Waals surface area contributed by atoms with Crippen LogP contribution in [-0.2, 0) is 23.9 Å². The first-order valence-electron chi connectivity index (χ1n) is 13.8. The van der Waals surface area contributed by atoms with Crippen molar-refractivity contribution >= 4 is 23.8 Å². The molecular formula is C32H39NO6. The smallest absolute Gasteiger partial charge is 0.344 e. The summed E-state index contributed by atoms with van der Waals surface area (Å²) < 4.78 is 11.2. The van der Waals surface area contributed by atoms with Crippen molar-refractivity contribution in [3.05, 3.63) is 54.1 Å². The second kappa shape index (κ2) is 10.7. The van der Waals surface area contributed by atoms with Gasteiger partial charge in [-0.15, -0.1) is 6.58 Å². The molecule has 0 aromatic heterocycles. The Hall–Kier alpha value is -3.24. The molecule has 39 heavy (non-hydrogen) atoms. The van der Waals surface area contributed by atoms with Gasteiger partial charge in [-0.3, -0.25) is 4.79 Å². The van der Waals surface area contributed by atoms with Gasteiger partial charge < -0.3 is 14.6 Å². The van der Waals surface area contributed by atoms with Crippen molar-refractivity contribution in [1.82, 2.24) is 0 Å². The lowest BCUT2D eigenvalue weighted by Gasteiger charge is -2.61. The highest BCUT2D eigenvalue weighted by atomic mass is 16.6. The van der Waals surface area contributed by atoms with Gasteiger partial charge in [-0.1, -0.05) is 45.9 Å². The summed E-state index contributed by atoms with van der Waals surface area (Å²) in [5, 5.41) is 20.6. The number of aliphatic hydroxyl groups excluding tert-OH is 1. The van der Waals surface area contributed by atoms with Gasteiger partial charge in [0.25, 0.3) is 0 Å². The van der Waals surface area contributed by atoms with Crippen LogP contribution in [0.25, 0.3) is 6.08 Å². The number of hydrogen-bond acceptors (Lipinski definition) is 7. The molecule has 3 aliphatic carbocycles. The van der Waals surface area contributed by atoms with Gasteiger partial charge in [0.15, 0.2) is 6.61 Å². The van der Waals surface area contributed by atoms with Crippen LogP contribution in [0.4, 0.5) is 0 Å². The van der Waals surface area contributed by atoms with Crippen molar-refractivity contribution in [2.24, 2.45) is 34.0 Å². The number of carbonyl (C=O) groups excluding carboxylic acids is 3. The van der Waals surface area contributed by atoms with Gasteiger partial charge in [0.2, 0.25) is 0 Å². The minimum Gasteiger partial charge on any atom is -0.459 e. The maximum atomic E-state index is 13.5. The molecule has 0 aliphatic heterocycles. The van der Waals surface area contributed by atoms with E-state index in [0.717, 1.165) is 19.3 Å². The summed E-state index contributed by atoms with van der Waals surface area (Å²) >= 11 is 0. The van der Waals surface area contributed by atoms with Crippen molar-refractivity contribution in [3.63, 3.8) is 0 Å². The molecule has 1 aromatic rings. The predicted molar refractivity (Wildman–Crippen MR) is 146 cm³/mol. The monoisotopic (exact) mass is 533 g/mol. The lowest BCUT2D eigenvalue weighted by Crippen LogP contribution is -2.63. The van der Waals surface area contributed by atoms with Crippen LogP contribution in [0, 0.1) is 45.3 Å². The Labute approximate surface area is 230 Å². The molecule has 0 radical (unpaired) electrons. The lowest BCUT2D eigenvalue weighted by atomic mass is 9.44. The average molecular weight is 534 g/mol. The molecule has 7 nitrogen and oxygen atoms in total. The first kappa shape index (κ1) is 28.8. The molecule has 1 aromatic carbocycles. The first-order valence-corrected chi connectivity index (χ1v) is 13.8. The van der Waals surface area contributed by atoms with Gasteiger partial charge in [-0.25, -0.2) is 9.59 Å². The quantitative estimate of drug-likeness (QED) is 0.310. The van der Waals surface area contributed by atoms with Gasteiger partial charge in [0.1, 0.15) is 11.9 Å². The predicted octanol–water partition coefficient (Wildman–Crippen LogP) is 5.02. The fourth-order valence-electron chi connectivity index (χ4n) is 7.75. The highest BCUT2D eigenvalue weighted by Gasteiger charge is 2.68. The minimum atomic E-state index is -0.745. The Balaban J connectivity index is 1.55. The van der Waals surface area contributed by atoms with Crippen LogP contribution in [0.15, 0.2) is 43.0 Å². The number of nitriles is 1. The summed E-state index contributed by atoms with van der Waals surface area (Å²) in [6.45, 7) is 11.6. The molecule has 0 saturated heterocycles. The van der Waals surface area contributed by atoms with Crippen LogP contribution < -0.4 is 0 Å². The van der Waals surface area contributed by atoms with E-state index in [9.17, 15) is 19.5 Å². The Bertz CT molecular complexity index is 1230. The van der Waals surface area contributed by atoms with E-state index in [-0.39, 0.29) is 29.0 Å². The summed E-state index contributed by atoms with van der Waals surface area (Å²) in [5.74, 6) is -1.54. The van der Waals surface area contributed by atoms with Crippen molar-refractivity contribution in [1.29, 1.82) is 5.26 Å². The Morgan fingerprint density at radius 1 is 1.26 bits per heavy atom. The SMILES string of the molecule is C=CC1(C)C[C@@H](OC(=O)COC(=O)/C=C/c2cccc(C#N)c2)[C@]2(C)[C@H](C)CCC3(CCC(=O)[C@H]32)[C@@H](C)[C@@H]1O. The third-order valence-electron chi connectivity index (χ3n) is 10.3. The second-order valence-corrected chi connectivity index (χ2v) is 12.2. The highest BCUT2D eigenvalue weighted by Crippen LogP contribution is 2.67.